The molecule has 4 aromatic carbocycles. The Bertz CT molecular complexity index is 3150. The van der Waals surface area contributed by atoms with Crippen molar-refractivity contribution in [1.82, 2.24) is 10.6 Å². The van der Waals surface area contributed by atoms with E-state index in [1.807, 2.05) is 86.5 Å². The number of amides is 2. The highest BCUT2D eigenvalue weighted by atomic mass is 32.2. The normalized spacial score (nSPS) is 20.4. The maximum absolute atomic E-state index is 14.1. The van der Waals surface area contributed by atoms with Gasteiger partial charge in [-0.05, 0) is 147 Å². The topological polar surface area (TPSA) is 400 Å². The van der Waals surface area contributed by atoms with Gasteiger partial charge in [0.15, 0.2) is 19.7 Å². The number of unbranched alkanes of at least 4 members (excludes halogenated alkanes) is 6. The molecule has 4 aromatic rings. The number of nitrogens with one attached hydrogen (secondary N) is 4. The zero-order valence-corrected chi connectivity index (χ0v) is 61.6. The summed E-state index contributed by atoms with van der Waals surface area (Å²) >= 11 is 0. The van der Waals surface area contributed by atoms with Gasteiger partial charge in [-0.2, -0.15) is 0 Å². The lowest BCUT2D eigenvalue weighted by Crippen LogP contribution is -2.49. The van der Waals surface area contributed by atoms with Crippen LogP contribution in [0.4, 0.5) is 22.7 Å². The van der Waals surface area contributed by atoms with Crippen molar-refractivity contribution in [2.45, 2.75) is 233 Å². The van der Waals surface area contributed by atoms with Gasteiger partial charge in [0.1, 0.15) is 36.6 Å². The monoisotopic (exact) mass is 1460 g/mol. The van der Waals surface area contributed by atoms with E-state index < -0.39 is 117 Å². The molecular formula is C75H122N6O18S2. The van der Waals surface area contributed by atoms with Gasteiger partial charge in [0.05, 0.1) is 58.9 Å². The van der Waals surface area contributed by atoms with Crippen molar-refractivity contribution in [3.8, 4) is 0 Å². The van der Waals surface area contributed by atoms with E-state index in [1.165, 1.54) is 0 Å². The smallest absolute Gasteiger partial charge is 0.224 e. The van der Waals surface area contributed by atoms with Crippen molar-refractivity contribution in [3.63, 3.8) is 0 Å². The zero-order chi connectivity index (χ0) is 74.1. The average molecular weight is 1460 g/mol. The Morgan fingerprint density at radius 2 is 0.802 bits per heavy atom. The molecule has 2 aliphatic rings. The van der Waals surface area contributed by atoms with Gasteiger partial charge in [0.25, 0.3) is 0 Å². The second-order valence-corrected chi connectivity index (χ2v) is 31.9. The fourth-order valence-corrected chi connectivity index (χ4v) is 18.2. The van der Waals surface area contributed by atoms with Gasteiger partial charge in [-0.3, -0.25) is 9.59 Å². The molecule has 0 aliphatic carbocycles. The first-order chi connectivity index (χ1) is 47.4. The van der Waals surface area contributed by atoms with Gasteiger partial charge in [0, 0.05) is 99.5 Å². The van der Waals surface area contributed by atoms with Crippen LogP contribution in [0, 0.1) is 10.8 Å². The molecule has 12 atom stereocenters. The molecule has 0 saturated carbocycles. The SMILES string of the molecule is C.CCCCC1(CCCC)CS(=O)(=O)c2ccc(N(C)C)cc2[C@@H](c2cccc(NC(=O)CCCCNC[C@H](O)[C@@H](O)[C@H](O)[C@H](O)CO)c2)[C@H]1O.CCCCC1(CCCC)CS(=O)(=O)c2ccc(N(C)C)cc2[C@H](c2cccc(NC(=O)CCCCNC[C@H](O)[C@@H](O)[C@H](O)[C@H](O)CO)c2)[C@@H]1O. The summed E-state index contributed by atoms with van der Waals surface area (Å²) in [4.78, 5) is 30.2. The van der Waals surface area contributed by atoms with Crippen LogP contribution in [0.25, 0.3) is 0 Å². The minimum Gasteiger partial charge on any atom is -0.394 e. The van der Waals surface area contributed by atoms with Crippen LogP contribution in [0.3, 0.4) is 0 Å². The highest BCUT2D eigenvalue weighted by Crippen LogP contribution is 2.52. The zero-order valence-electron chi connectivity index (χ0n) is 59.9. The summed E-state index contributed by atoms with van der Waals surface area (Å²) in [6.07, 6.45) is -2.70. The lowest BCUT2D eigenvalue weighted by molar-refractivity contribution is -0.117. The number of aliphatic hydroxyl groups is 12. The van der Waals surface area contributed by atoms with E-state index in [2.05, 4.69) is 49.0 Å². The average Bonchev–Trinajstić information content (AvgIpc) is 1.61. The van der Waals surface area contributed by atoms with Crippen LogP contribution in [0.2, 0.25) is 0 Å². The maximum Gasteiger partial charge on any atom is 0.224 e. The van der Waals surface area contributed by atoms with E-state index in [0.29, 0.717) is 87.0 Å². The van der Waals surface area contributed by atoms with Gasteiger partial charge in [0.2, 0.25) is 11.8 Å². The second kappa shape index (κ2) is 42.0. The van der Waals surface area contributed by atoms with Crippen LogP contribution in [-0.2, 0) is 29.3 Å². The first-order valence-corrected chi connectivity index (χ1v) is 39.0. The molecule has 2 heterocycles. The number of sulfone groups is 2. The summed E-state index contributed by atoms with van der Waals surface area (Å²) in [6, 6.07) is 25.3. The Labute approximate surface area is 600 Å². The fourth-order valence-electron chi connectivity index (χ4n) is 13.8. The molecule has 572 valence electrons. The lowest BCUT2D eigenvalue weighted by atomic mass is 9.68. The molecule has 16 N–H and O–H groups in total. The molecule has 101 heavy (non-hydrogen) atoms. The molecule has 0 aromatic heterocycles. The summed E-state index contributed by atoms with van der Waals surface area (Å²) in [5, 5.41) is 133. The predicted octanol–water partition coefficient (Wildman–Crippen LogP) is 5.70. The number of aliphatic hydroxyl groups excluding tert-OH is 12. The molecule has 0 unspecified atom stereocenters. The number of carbonyl (C=O) groups is 2. The molecule has 26 heteroatoms. The van der Waals surface area contributed by atoms with E-state index in [0.717, 1.165) is 73.9 Å². The van der Waals surface area contributed by atoms with Gasteiger partial charge < -0.3 is 92.3 Å². The summed E-state index contributed by atoms with van der Waals surface area (Å²) in [5.74, 6) is -1.94. The number of carbonyl (C=O) groups excluding carboxylic acids is 2. The van der Waals surface area contributed by atoms with Crippen molar-refractivity contribution in [2.24, 2.45) is 10.8 Å². The van der Waals surface area contributed by atoms with Gasteiger partial charge in [-0.1, -0.05) is 111 Å². The standard InChI is InChI=1S/2C37H59N3O9S.CH4/c2*1-5-7-17-37(18-8-6-2)24-50(48,49)31-16-15-27(40(3)4)21-28(31)33(36(37)47)25-12-11-13-26(20-25)39-32(44)14-9-10-19-38-22-29(42)34(45)35(46)30(43)23-41;/h2*11-13,15-16,20-21,29-30,33-36,38,41-43,45-47H,5-10,14,17-19,22-24H2,1-4H3,(H,39,44);1H4/t29-,30+,33+,34+,35+,36+;29-,30+,33-,34+,35+,36-;/m00./s1. The van der Waals surface area contributed by atoms with Gasteiger partial charge in [-0.25, -0.2) is 16.8 Å². The summed E-state index contributed by atoms with van der Waals surface area (Å²) < 4.78 is 56.4. The van der Waals surface area contributed by atoms with Crippen LogP contribution < -0.4 is 31.1 Å². The van der Waals surface area contributed by atoms with Crippen molar-refractivity contribution < 1.29 is 87.7 Å². The summed E-state index contributed by atoms with van der Waals surface area (Å²) in [5.41, 5.74) is 3.64. The Kier molecular flexibility index (Phi) is 36.7. The fraction of sp³-hybridized carbons (Fsp3) is 0.653. The minimum absolute atomic E-state index is 0. The highest BCUT2D eigenvalue weighted by Gasteiger charge is 2.51. The highest BCUT2D eigenvalue weighted by molar-refractivity contribution is 7.91. The molecule has 2 aliphatic heterocycles. The Hall–Kier alpha value is -5.24. The van der Waals surface area contributed by atoms with E-state index in [4.69, 9.17) is 10.2 Å². The van der Waals surface area contributed by atoms with Crippen molar-refractivity contribution in [2.75, 3.05) is 99.5 Å². The van der Waals surface area contributed by atoms with E-state index in [9.17, 15) is 77.5 Å². The van der Waals surface area contributed by atoms with Crippen LogP contribution in [-0.4, -0.2) is 230 Å². The third kappa shape index (κ3) is 24.4. The summed E-state index contributed by atoms with van der Waals surface area (Å²) in [6.45, 7) is 7.53. The number of benzene rings is 4. The maximum atomic E-state index is 14.1. The molecule has 0 fully saturated rings. The molecular weight excluding hydrogens is 1340 g/mol. The first kappa shape index (κ1) is 88.2. The quantitative estimate of drug-likeness (QED) is 0.0237. The molecule has 0 spiro atoms. The number of anilines is 4. The number of hydrogen-bond acceptors (Lipinski definition) is 22. The molecule has 0 saturated heterocycles. The molecule has 0 bridgehead atoms. The third-order valence-electron chi connectivity index (χ3n) is 19.7. The van der Waals surface area contributed by atoms with Gasteiger partial charge >= 0.3 is 0 Å². The first-order valence-electron chi connectivity index (χ1n) is 35.7. The second-order valence-electron chi connectivity index (χ2n) is 28.0. The lowest BCUT2D eigenvalue weighted by Gasteiger charge is -2.40. The van der Waals surface area contributed by atoms with Crippen LogP contribution in [0.5, 0.6) is 0 Å². The Balaban J connectivity index is 0.000000424. The number of hydrogen-bond donors (Lipinski definition) is 16. The minimum atomic E-state index is -3.74. The van der Waals surface area contributed by atoms with E-state index >= 15 is 0 Å². The Morgan fingerprint density at radius 3 is 1.11 bits per heavy atom. The van der Waals surface area contributed by atoms with E-state index in [-0.39, 0.29) is 66.5 Å². The molecule has 24 nitrogen and oxygen atoms in total. The van der Waals surface area contributed by atoms with Gasteiger partial charge in [-0.15, -0.1) is 0 Å². The third-order valence-corrected chi connectivity index (χ3v) is 23.7. The number of nitrogens with zero attached hydrogens (tertiary/aromatic N) is 2. The molecule has 0 radical (unpaired) electrons. The van der Waals surface area contributed by atoms with Crippen molar-refractivity contribution in [3.05, 3.63) is 107 Å². The Morgan fingerprint density at radius 1 is 0.475 bits per heavy atom. The van der Waals surface area contributed by atoms with Crippen LogP contribution in [0.15, 0.2) is 94.7 Å². The van der Waals surface area contributed by atoms with E-state index in [1.54, 1.807) is 36.4 Å². The largest absolute Gasteiger partial charge is 0.394 e. The predicted molar refractivity (Wildman–Crippen MR) is 397 cm³/mol. The van der Waals surface area contributed by atoms with Crippen molar-refractivity contribution in [1.29, 1.82) is 0 Å². The van der Waals surface area contributed by atoms with Crippen LogP contribution in [0.1, 0.15) is 185 Å². The summed E-state index contributed by atoms with van der Waals surface area (Å²) in [7, 11) is 0.0949. The molecule has 2 amide bonds. The number of fused-ring (bicyclic) bond motifs is 2. The molecule has 6 rings (SSSR count). The van der Waals surface area contributed by atoms with Crippen LogP contribution >= 0.6 is 0 Å². The number of rotatable bonds is 40. The van der Waals surface area contributed by atoms with Crippen molar-refractivity contribution >= 4 is 54.2 Å².